The summed E-state index contributed by atoms with van der Waals surface area (Å²) in [7, 11) is 0. The number of hydrogen-bond acceptors (Lipinski definition) is 7. The van der Waals surface area contributed by atoms with E-state index in [-0.39, 0.29) is 18.9 Å². The van der Waals surface area contributed by atoms with Crippen molar-refractivity contribution in [1.82, 2.24) is 20.9 Å². The number of benzene rings is 2. The maximum Gasteiger partial charge on any atom is 0.304 e. The van der Waals surface area contributed by atoms with Crippen molar-refractivity contribution in [2.45, 2.75) is 30.7 Å². The van der Waals surface area contributed by atoms with Gasteiger partial charge in [-0.2, -0.15) is 0 Å². The number of para-hydroxylation sites is 1. The molecule has 1 aliphatic carbocycles. The van der Waals surface area contributed by atoms with Crippen LogP contribution in [0.1, 0.15) is 22.6 Å². The topological polar surface area (TPSA) is 103 Å². The third kappa shape index (κ3) is 5.73. The maximum absolute atomic E-state index is 13.0. The Labute approximate surface area is 202 Å². The lowest BCUT2D eigenvalue weighted by Crippen LogP contribution is -2.43. The molecule has 0 atom stereocenters. The van der Waals surface area contributed by atoms with Gasteiger partial charge in [-0.3, -0.25) is 9.59 Å². The number of hydrogen-bond donors (Lipinski definition) is 5. The van der Waals surface area contributed by atoms with E-state index in [1.54, 1.807) is 0 Å². The highest BCUT2D eigenvalue weighted by atomic mass is 32.1. The van der Waals surface area contributed by atoms with Gasteiger partial charge in [0.05, 0.1) is 28.6 Å². The molecule has 5 rings (SSSR count). The molecule has 0 spiro atoms. The first-order valence-electron chi connectivity index (χ1n) is 11.0. The highest BCUT2D eigenvalue weighted by Crippen LogP contribution is 2.40. The molecular formula is C24H28N4O3S2. The van der Waals surface area contributed by atoms with E-state index in [0.717, 1.165) is 57.4 Å². The Hall–Kier alpha value is -2.46. The Morgan fingerprint density at radius 2 is 1.67 bits per heavy atom. The number of carboxylic acids is 1. The van der Waals surface area contributed by atoms with Crippen molar-refractivity contribution in [3.63, 3.8) is 0 Å². The van der Waals surface area contributed by atoms with Crippen molar-refractivity contribution in [2.24, 2.45) is 5.41 Å². The van der Waals surface area contributed by atoms with Gasteiger partial charge in [-0.25, -0.2) is 4.98 Å². The summed E-state index contributed by atoms with van der Waals surface area (Å²) in [6.07, 6.45) is 0.706. The van der Waals surface area contributed by atoms with E-state index >= 15 is 0 Å². The van der Waals surface area contributed by atoms with Gasteiger partial charge in [0.25, 0.3) is 0 Å². The van der Waals surface area contributed by atoms with Crippen LogP contribution in [0.5, 0.6) is 0 Å². The van der Waals surface area contributed by atoms with Crippen LogP contribution >= 0.6 is 24.0 Å². The SMILES string of the molecule is C1CNCCN1.O=C(O)CC1(C(=O)NCc2nc3c(S)cccc3s2)Cc2ccccc2C1. The first kappa shape index (κ1) is 23.7. The predicted octanol–water partition coefficient (Wildman–Crippen LogP) is 2.64. The molecule has 1 fully saturated rings. The third-order valence-electron chi connectivity index (χ3n) is 5.95. The van der Waals surface area contributed by atoms with Gasteiger partial charge >= 0.3 is 5.97 Å². The van der Waals surface area contributed by atoms with Crippen molar-refractivity contribution >= 4 is 46.1 Å². The molecule has 1 aliphatic heterocycles. The molecule has 2 heterocycles. The molecular weight excluding hydrogens is 456 g/mol. The average molecular weight is 485 g/mol. The Kier molecular flexibility index (Phi) is 7.64. The van der Waals surface area contributed by atoms with Crippen LogP contribution in [0, 0.1) is 5.41 Å². The van der Waals surface area contributed by atoms with Crippen molar-refractivity contribution in [3.05, 3.63) is 58.6 Å². The highest BCUT2D eigenvalue weighted by Gasteiger charge is 2.45. The van der Waals surface area contributed by atoms with Gasteiger partial charge < -0.3 is 21.1 Å². The van der Waals surface area contributed by atoms with Crippen LogP contribution in [-0.4, -0.2) is 48.1 Å². The summed E-state index contributed by atoms with van der Waals surface area (Å²) in [5, 5.41) is 19.5. The number of nitrogens with one attached hydrogen (secondary N) is 3. The second-order valence-corrected chi connectivity index (χ2v) is 9.98. The van der Waals surface area contributed by atoms with E-state index in [1.807, 2.05) is 42.5 Å². The maximum atomic E-state index is 13.0. The van der Waals surface area contributed by atoms with Crippen LogP contribution in [0.4, 0.5) is 0 Å². The normalized spacial score (nSPS) is 16.5. The minimum Gasteiger partial charge on any atom is -0.481 e. The second-order valence-electron chi connectivity index (χ2n) is 8.39. The summed E-state index contributed by atoms with van der Waals surface area (Å²) in [5.74, 6) is -1.19. The quantitative estimate of drug-likeness (QED) is 0.357. The molecule has 4 N–H and O–H groups in total. The number of carboxylic acid groups (broad SMARTS) is 1. The number of aromatic nitrogens is 1. The van der Waals surface area contributed by atoms with Crippen molar-refractivity contribution in [1.29, 1.82) is 0 Å². The molecule has 1 amide bonds. The standard InChI is InChI=1S/C20H18N2O3S2.C4H10N2/c23-17(24)10-20(8-12-4-1-2-5-13(12)9-20)19(25)21-11-16-22-18-14(26)6-3-7-15(18)27-16;1-2-6-4-3-5-1/h1-7,26H,8-11H2,(H,21,25)(H,23,24);5-6H,1-4H2. The van der Waals surface area contributed by atoms with Crippen LogP contribution in [0.25, 0.3) is 10.2 Å². The zero-order valence-corrected chi connectivity index (χ0v) is 20.0. The van der Waals surface area contributed by atoms with E-state index in [4.69, 9.17) is 0 Å². The predicted molar refractivity (Wildman–Crippen MR) is 133 cm³/mol. The van der Waals surface area contributed by atoms with Crippen LogP contribution in [-0.2, 0) is 29.0 Å². The Morgan fingerprint density at radius 3 is 2.21 bits per heavy atom. The Morgan fingerprint density at radius 1 is 1.03 bits per heavy atom. The average Bonchev–Trinajstić information content (AvgIpc) is 3.41. The van der Waals surface area contributed by atoms with E-state index in [2.05, 4.69) is 33.6 Å². The summed E-state index contributed by atoms with van der Waals surface area (Å²) in [5.41, 5.74) is 1.98. The van der Waals surface area contributed by atoms with Gasteiger partial charge in [-0.1, -0.05) is 30.3 Å². The zero-order chi connectivity index (χ0) is 23.3. The van der Waals surface area contributed by atoms with Crippen molar-refractivity contribution < 1.29 is 14.7 Å². The van der Waals surface area contributed by atoms with Crippen molar-refractivity contribution in [2.75, 3.05) is 26.2 Å². The van der Waals surface area contributed by atoms with E-state index in [9.17, 15) is 14.7 Å². The molecule has 2 aliphatic rings. The molecule has 0 radical (unpaired) electrons. The minimum atomic E-state index is -0.961. The number of carbonyl (C=O) groups excluding carboxylic acids is 1. The molecule has 1 saturated heterocycles. The Balaban J connectivity index is 0.000000376. The summed E-state index contributed by atoms with van der Waals surface area (Å²) in [4.78, 5) is 29.8. The number of aliphatic carboxylic acids is 1. The molecule has 1 aromatic heterocycles. The van der Waals surface area contributed by atoms with Gasteiger partial charge in [-0.15, -0.1) is 24.0 Å². The second kappa shape index (κ2) is 10.6. The lowest BCUT2D eigenvalue weighted by molar-refractivity contribution is -0.145. The first-order chi connectivity index (χ1) is 16.0. The molecule has 9 heteroatoms. The number of nitrogens with zero attached hydrogens (tertiary/aromatic N) is 1. The lowest BCUT2D eigenvalue weighted by atomic mass is 9.80. The molecule has 7 nitrogen and oxygen atoms in total. The monoisotopic (exact) mass is 484 g/mol. The number of piperazine rings is 1. The molecule has 2 aromatic carbocycles. The minimum absolute atomic E-state index is 0.186. The zero-order valence-electron chi connectivity index (χ0n) is 18.3. The number of thiol groups is 1. The number of carbonyl (C=O) groups is 2. The van der Waals surface area contributed by atoms with Crippen LogP contribution < -0.4 is 16.0 Å². The summed E-state index contributed by atoms with van der Waals surface area (Å²) in [6, 6.07) is 13.5. The Bertz CT molecular complexity index is 1110. The van der Waals surface area contributed by atoms with Crippen molar-refractivity contribution in [3.8, 4) is 0 Å². The third-order valence-corrected chi connectivity index (χ3v) is 7.33. The largest absolute Gasteiger partial charge is 0.481 e. The first-order valence-corrected chi connectivity index (χ1v) is 12.3. The highest BCUT2D eigenvalue weighted by molar-refractivity contribution is 7.80. The molecule has 0 saturated carbocycles. The fourth-order valence-electron chi connectivity index (χ4n) is 4.35. The fraction of sp³-hybridized carbons (Fsp3) is 0.375. The number of rotatable bonds is 5. The van der Waals surface area contributed by atoms with Crippen LogP contribution in [0.2, 0.25) is 0 Å². The summed E-state index contributed by atoms with van der Waals surface area (Å²) in [6.45, 7) is 4.84. The van der Waals surface area contributed by atoms with E-state index < -0.39 is 11.4 Å². The van der Waals surface area contributed by atoms with Gasteiger partial charge in [-0.05, 0) is 36.1 Å². The summed E-state index contributed by atoms with van der Waals surface area (Å²) < 4.78 is 1.01. The van der Waals surface area contributed by atoms with Crippen LogP contribution in [0.15, 0.2) is 47.4 Å². The molecule has 0 bridgehead atoms. The van der Waals surface area contributed by atoms with E-state index in [0.29, 0.717) is 12.8 Å². The van der Waals surface area contributed by atoms with Gasteiger partial charge in [0, 0.05) is 31.1 Å². The fourth-order valence-corrected chi connectivity index (χ4v) is 5.62. The molecule has 174 valence electrons. The van der Waals surface area contributed by atoms with Gasteiger partial charge in [0.1, 0.15) is 5.01 Å². The van der Waals surface area contributed by atoms with Gasteiger partial charge in [0.15, 0.2) is 0 Å². The van der Waals surface area contributed by atoms with Crippen LogP contribution in [0.3, 0.4) is 0 Å². The van der Waals surface area contributed by atoms with E-state index in [1.165, 1.54) is 11.3 Å². The number of thiazole rings is 1. The smallest absolute Gasteiger partial charge is 0.304 e. The number of amides is 1. The molecule has 3 aromatic rings. The molecule has 0 unspecified atom stereocenters. The number of fused-ring (bicyclic) bond motifs is 2. The van der Waals surface area contributed by atoms with Gasteiger partial charge in [0.2, 0.25) is 5.91 Å². The lowest BCUT2D eigenvalue weighted by Gasteiger charge is -2.25. The summed E-state index contributed by atoms with van der Waals surface area (Å²) >= 11 is 5.92. The molecule has 33 heavy (non-hydrogen) atoms.